The largest absolute Gasteiger partial charge is 0.496 e. The minimum absolute atomic E-state index is 0.00402. The van der Waals surface area contributed by atoms with Gasteiger partial charge in [-0.1, -0.05) is 18.2 Å². The Hall–Kier alpha value is -2.82. The van der Waals surface area contributed by atoms with E-state index in [-0.39, 0.29) is 24.3 Å². The highest BCUT2D eigenvalue weighted by atomic mass is 16.5. The predicted molar refractivity (Wildman–Crippen MR) is 98.5 cm³/mol. The summed E-state index contributed by atoms with van der Waals surface area (Å²) in [5.41, 5.74) is 1.61. The van der Waals surface area contributed by atoms with E-state index >= 15 is 0 Å². The zero-order chi connectivity index (χ0) is 18.5. The van der Waals surface area contributed by atoms with Crippen molar-refractivity contribution in [1.82, 2.24) is 4.90 Å². The SMILES string of the molecule is COc1ccccc1CN(C(=O)COc1ccc(C(C)=O)cc1)C1CC1. The van der Waals surface area contributed by atoms with Gasteiger partial charge in [-0.3, -0.25) is 9.59 Å². The first-order chi connectivity index (χ1) is 12.6. The molecule has 0 radical (unpaired) electrons. The van der Waals surface area contributed by atoms with Gasteiger partial charge in [-0.25, -0.2) is 0 Å². The van der Waals surface area contributed by atoms with Gasteiger partial charge in [-0.2, -0.15) is 0 Å². The molecule has 0 spiro atoms. The van der Waals surface area contributed by atoms with Crippen LogP contribution in [0.15, 0.2) is 48.5 Å². The number of hydrogen-bond acceptors (Lipinski definition) is 4. The Morgan fingerprint density at radius 2 is 1.77 bits per heavy atom. The summed E-state index contributed by atoms with van der Waals surface area (Å²) >= 11 is 0. The summed E-state index contributed by atoms with van der Waals surface area (Å²) in [6, 6.07) is 14.8. The van der Waals surface area contributed by atoms with Gasteiger partial charge >= 0.3 is 0 Å². The van der Waals surface area contributed by atoms with Crippen LogP contribution < -0.4 is 9.47 Å². The molecule has 2 aromatic rings. The van der Waals surface area contributed by atoms with Crippen molar-refractivity contribution in [2.75, 3.05) is 13.7 Å². The summed E-state index contributed by atoms with van der Waals surface area (Å²) in [7, 11) is 1.63. The van der Waals surface area contributed by atoms with Crippen molar-refractivity contribution in [2.24, 2.45) is 0 Å². The number of ketones is 1. The second-order valence-corrected chi connectivity index (χ2v) is 6.43. The number of rotatable bonds is 8. The topological polar surface area (TPSA) is 55.8 Å². The van der Waals surface area contributed by atoms with Crippen LogP contribution in [0.1, 0.15) is 35.7 Å². The Balaban J connectivity index is 1.63. The molecule has 0 N–H and O–H groups in total. The lowest BCUT2D eigenvalue weighted by Crippen LogP contribution is -2.36. The van der Waals surface area contributed by atoms with Crippen LogP contribution >= 0.6 is 0 Å². The fourth-order valence-corrected chi connectivity index (χ4v) is 2.84. The van der Waals surface area contributed by atoms with Crippen LogP contribution in [0.3, 0.4) is 0 Å². The molecule has 2 aromatic carbocycles. The van der Waals surface area contributed by atoms with Crippen LogP contribution in [0.4, 0.5) is 0 Å². The molecule has 0 unspecified atom stereocenters. The van der Waals surface area contributed by atoms with E-state index < -0.39 is 0 Å². The summed E-state index contributed by atoms with van der Waals surface area (Å²) in [4.78, 5) is 25.9. The normalized spacial score (nSPS) is 13.2. The van der Waals surface area contributed by atoms with Crippen molar-refractivity contribution in [1.29, 1.82) is 0 Å². The number of carbonyl (C=O) groups is 2. The molecular weight excluding hydrogens is 330 g/mol. The third-order valence-electron chi connectivity index (χ3n) is 4.46. The van der Waals surface area contributed by atoms with E-state index in [2.05, 4.69) is 0 Å². The number of carbonyl (C=O) groups excluding carboxylic acids is 2. The van der Waals surface area contributed by atoms with E-state index in [0.29, 0.717) is 17.9 Å². The number of para-hydroxylation sites is 1. The molecule has 0 atom stereocenters. The van der Waals surface area contributed by atoms with E-state index in [0.717, 1.165) is 24.2 Å². The van der Waals surface area contributed by atoms with E-state index in [1.54, 1.807) is 31.4 Å². The average molecular weight is 353 g/mol. The fourth-order valence-electron chi connectivity index (χ4n) is 2.84. The Kier molecular flexibility index (Phi) is 5.56. The molecule has 0 aromatic heterocycles. The third-order valence-corrected chi connectivity index (χ3v) is 4.46. The highest BCUT2D eigenvalue weighted by molar-refractivity contribution is 5.94. The molecule has 1 fully saturated rings. The average Bonchev–Trinajstić information content (AvgIpc) is 3.49. The van der Waals surface area contributed by atoms with Crippen LogP contribution in [-0.2, 0) is 11.3 Å². The molecule has 136 valence electrons. The Morgan fingerprint density at radius 3 is 2.38 bits per heavy atom. The Labute approximate surface area is 153 Å². The quantitative estimate of drug-likeness (QED) is 0.682. The highest BCUT2D eigenvalue weighted by Crippen LogP contribution is 2.30. The van der Waals surface area contributed by atoms with Gasteiger partial charge in [0.05, 0.1) is 7.11 Å². The number of amides is 1. The second kappa shape index (κ2) is 8.04. The summed E-state index contributed by atoms with van der Waals surface area (Å²) in [5.74, 6) is 1.32. The van der Waals surface area contributed by atoms with Crippen LogP contribution in [0.5, 0.6) is 11.5 Å². The minimum atomic E-state index is -0.0472. The summed E-state index contributed by atoms with van der Waals surface area (Å²) in [5, 5.41) is 0. The van der Waals surface area contributed by atoms with Gasteiger partial charge in [0.2, 0.25) is 0 Å². The molecule has 1 amide bonds. The summed E-state index contributed by atoms with van der Waals surface area (Å²) in [6.45, 7) is 2.01. The van der Waals surface area contributed by atoms with Crippen molar-refractivity contribution in [2.45, 2.75) is 32.4 Å². The lowest BCUT2D eigenvalue weighted by atomic mass is 10.1. The highest BCUT2D eigenvalue weighted by Gasteiger charge is 2.33. The number of Topliss-reactive ketones (excluding diaryl/α,β-unsaturated/α-hetero) is 1. The number of methoxy groups -OCH3 is 1. The van der Waals surface area contributed by atoms with Crippen LogP contribution in [0, 0.1) is 0 Å². The molecule has 0 bridgehead atoms. The van der Waals surface area contributed by atoms with Crippen molar-refractivity contribution < 1.29 is 19.1 Å². The minimum Gasteiger partial charge on any atom is -0.496 e. The lowest BCUT2D eigenvalue weighted by Gasteiger charge is -2.23. The van der Waals surface area contributed by atoms with Crippen molar-refractivity contribution in [3.8, 4) is 11.5 Å². The maximum Gasteiger partial charge on any atom is 0.261 e. The third kappa shape index (κ3) is 4.42. The van der Waals surface area contributed by atoms with Crippen LogP contribution in [0.2, 0.25) is 0 Å². The Morgan fingerprint density at radius 1 is 1.08 bits per heavy atom. The van der Waals surface area contributed by atoms with Crippen molar-refractivity contribution in [3.05, 3.63) is 59.7 Å². The first-order valence-electron chi connectivity index (χ1n) is 8.73. The summed E-state index contributed by atoms with van der Waals surface area (Å²) in [6.07, 6.45) is 2.04. The smallest absolute Gasteiger partial charge is 0.261 e. The Bertz CT molecular complexity index is 781. The predicted octanol–water partition coefficient (Wildman–Crippen LogP) is 3.47. The monoisotopic (exact) mass is 353 g/mol. The molecular formula is C21H23NO4. The van der Waals surface area contributed by atoms with Gasteiger partial charge in [-0.15, -0.1) is 0 Å². The molecule has 3 rings (SSSR count). The fraction of sp³-hybridized carbons (Fsp3) is 0.333. The van der Waals surface area contributed by atoms with Crippen molar-refractivity contribution in [3.63, 3.8) is 0 Å². The van der Waals surface area contributed by atoms with Gasteiger partial charge < -0.3 is 14.4 Å². The molecule has 5 heteroatoms. The number of hydrogen-bond donors (Lipinski definition) is 0. The molecule has 1 aliphatic rings. The summed E-state index contributed by atoms with van der Waals surface area (Å²) < 4.78 is 11.0. The molecule has 0 heterocycles. The molecule has 1 aliphatic carbocycles. The standard InChI is InChI=1S/C21H23NO4/c1-15(23)16-7-11-19(12-8-16)26-14-21(24)22(18-9-10-18)13-17-5-3-4-6-20(17)25-2/h3-8,11-12,18H,9-10,13-14H2,1-2H3. The van der Waals surface area contributed by atoms with E-state index in [4.69, 9.17) is 9.47 Å². The van der Waals surface area contributed by atoms with Crippen molar-refractivity contribution >= 4 is 11.7 Å². The van der Waals surface area contributed by atoms with Gasteiger partial charge in [0.15, 0.2) is 12.4 Å². The van der Waals surface area contributed by atoms with Gasteiger partial charge in [0.1, 0.15) is 11.5 Å². The first kappa shape index (κ1) is 18.0. The maximum atomic E-state index is 12.7. The first-order valence-corrected chi connectivity index (χ1v) is 8.73. The molecule has 26 heavy (non-hydrogen) atoms. The molecule has 0 saturated heterocycles. The lowest BCUT2D eigenvalue weighted by molar-refractivity contribution is -0.134. The van der Waals surface area contributed by atoms with Crippen LogP contribution in [-0.4, -0.2) is 36.3 Å². The molecule has 1 saturated carbocycles. The maximum absolute atomic E-state index is 12.7. The van der Waals surface area contributed by atoms with Gasteiger partial charge in [-0.05, 0) is 50.1 Å². The zero-order valence-corrected chi connectivity index (χ0v) is 15.1. The van der Waals surface area contributed by atoms with Gasteiger partial charge in [0.25, 0.3) is 5.91 Å². The number of ether oxygens (including phenoxy) is 2. The van der Waals surface area contributed by atoms with E-state index in [1.165, 1.54) is 6.92 Å². The molecule has 5 nitrogen and oxygen atoms in total. The van der Waals surface area contributed by atoms with Gasteiger partial charge in [0, 0.05) is 23.7 Å². The number of benzene rings is 2. The van der Waals surface area contributed by atoms with E-state index in [9.17, 15) is 9.59 Å². The molecule has 0 aliphatic heterocycles. The zero-order valence-electron chi connectivity index (χ0n) is 15.1. The second-order valence-electron chi connectivity index (χ2n) is 6.43. The van der Waals surface area contributed by atoms with Crippen LogP contribution in [0.25, 0.3) is 0 Å². The van der Waals surface area contributed by atoms with E-state index in [1.807, 2.05) is 29.2 Å². The number of nitrogens with zero attached hydrogens (tertiary/aromatic N) is 1.